The minimum absolute atomic E-state index is 0.0181. The van der Waals surface area contributed by atoms with Gasteiger partial charge in [-0.1, -0.05) is 17.7 Å². The van der Waals surface area contributed by atoms with Gasteiger partial charge in [-0.25, -0.2) is 0 Å². The molecule has 0 aromatic carbocycles. The summed E-state index contributed by atoms with van der Waals surface area (Å²) in [5.74, 6) is 0. The summed E-state index contributed by atoms with van der Waals surface area (Å²) in [7, 11) is 0. The molecule has 1 aromatic heterocycles. The molecule has 0 saturated heterocycles. The molecular weight excluding hydrogens is 180 g/mol. The highest BCUT2D eigenvalue weighted by Gasteiger charge is 1.95. The molecule has 3 heteroatoms. The average Bonchev–Trinajstić information content (AvgIpc) is 2.40. The van der Waals surface area contributed by atoms with Crippen LogP contribution in [0.2, 0.25) is 0 Å². The van der Waals surface area contributed by atoms with E-state index in [2.05, 4.69) is 0 Å². The Morgan fingerprint density at radius 2 is 2.55 bits per heavy atom. The van der Waals surface area contributed by atoms with Crippen LogP contribution >= 0.6 is 22.9 Å². The van der Waals surface area contributed by atoms with Gasteiger partial charge in [-0.05, 0) is 17.5 Å². The van der Waals surface area contributed by atoms with Gasteiger partial charge in [-0.15, -0.1) is 11.3 Å². The van der Waals surface area contributed by atoms with Crippen molar-refractivity contribution < 1.29 is 5.11 Å². The Labute approximate surface area is 74.9 Å². The largest absolute Gasteiger partial charge is 0.392 e. The molecule has 0 aliphatic heterocycles. The van der Waals surface area contributed by atoms with Crippen LogP contribution in [0.1, 0.15) is 4.88 Å². The van der Waals surface area contributed by atoms with E-state index in [1.54, 1.807) is 17.4 Å². The molecule has 0 spiro atoms. The summed E-state index contributed by atoms with van der Waals surface area (Å²) in [6, 6.07) is 4.02. The summed E-state index contributed by atoms with van der Waals surface area (Å²) >= 11 is 7.45. The van der Waals surface area contributed by atoms with Crippen molar-refractivity contribution in [2.75, 3.05) is 6.61 Å². The summed E-state index contributed by atoms with van der Waals surface area (Å²) in [6.45, 7) is 0.0181. The first-order chi connectivity index (χ1) is 5.33. The molecule has 60 valence electrons. The summed E-state index contributed by atoms with van der Waals surface area (Å²) in [6.07, 6.45) is 2.35. The van der Waals surface area contributed by atoms with Crippen LogP contribution in [0.5, 0.6) is 0 Å². The number of allylic oxidation sites excluding steroid dienone is 1. The van der Waals surface area contributed by atoms with Gasteiger partial charge in [0.2, 0.25) is 0 Å². The van der Waals surface area contributed by atoms with E-state index < -0.39 is 0 Å². The molecule has 0 aliphatic rings. The zero-order valence-electron chi connectivity index (χ0n) is 5.96. The monoisotopic (exact) mass is 188 g/mol. The van der Waals surface area contributed by atoms with Gasteiger partial charge in [0, 0.05) is 16.3 Å². The van der Waals surface area contributed by atoms with E-state index in [1.807, 2.05) is 17.5 Å². The van der Waals surface area contributed by atoms with Crippen molar-refractivity contribution in [3.63, 3.8) is 0 Å². The molecule has 1 rings (SSSR count). The lowest BCUT2D eigenvalue weighted by Crippen LogP contribution is -1.81. The fourth-order valence-corrected chi connectivity index (χ4v) is 1.77. The number of rotatable bonds is 3. The predicted octanol–water partition coefficient (Wildman–Crippen LogP) is 2.41. The number of aliphatic hydroxyl groups excluding tert-OH is 1. The summed E-state index contributed by atoms with van der Waals surface area (Å²) < 4.78 is 0. The Hall–Kier alpha value is -0.310. The minimum atomic E-state index is 0.0181. The SMILES string of the molecule is OCC=C(Cl)Cc1cccs1. The van der Waals surface area contributed by atoms with E-state index in [-0.39, 0.29) is 6.61 Å². The van der Waals surface area contributed by atoms with Gasteiger partial charge in [0.1, 0.15) is 0 Å². The topological polar surface area (TPSA) is 20.2 Å². The van der Waals surface area contributed by atoms with Crippen LogP contribution in [-0.2, 0) is 6.42 Å². The normalized spacial score (nSPS) is 12.0. The summed E-state index contributed by atoms with van der Waals surface area (Å²) in [5, 5.41) is 11.2. The molecule has 0 atom stereocenters. The third-order valence-corrected chi connectivity index (χ3v) is 2.40. The number of halogens is 1. The maximum absolute atomic E-state index is 8.51. The number of hydrogen-bond acceptors (Lipinski definition) is 2. The highest BCUT2D eigenvalue weighted by molar-refractivity contribution is 7.09. The standard InChI is InChI=1S/C8H9ClOS/c9-7(3-4-10)6-8-2-1-5-11-8/h1-3,5,10H,4,6H2. The van der Waals surface area contributed by atoms with Crippen LogP contribution in [-0.4, -0.2) is 11.7 Å². The molecular formula is C8H9ClOS. The lowest BCUT2D eigenvalue weighted by atomic mass is 10.3. The third kappa shape index (κ3) is 3.06. The molecule has 0 bridgehead atoms. The zero-order chi connectivity index (χ0) is 8.10. The highest BCUT2D eigenvalue weighted by atomic mass is 35.5. The van der Waals surface area contributed by atoms with Crippen molar-refractivity contribution in [1.82, 2.24) is 0 Å². The number of thiophene rings is 1. The lowest BCUT2D eigenvalue weighted by molar-refractivity contribution is 0.342. The van der Waals surface area contributed by atoms with Crippen LogP contribution in [0, 0.1) is 0 Å². The van der Waals surface area contributed by atoms with Crippen molar-refractivity contribution in [3.05, 3.63) is 33.5 Å². The van der Waals surface area contributed by atoms with Crippen LogP contribution in [0.3, 0.4) is 0 Å². The third-order valence-electron chi connectivity index (χ3n) is 1.24. The van der Waals surface area contributed by atoms with Crippen LogP contribution in [0.4, 0.5) is 0 Å². The molecule has 0 saturated carbocycles. The Balaban J connectivity index is 2.50. The van der Waals surface area contributed by atoms with E-state index in [0.29, 0.717) is 5.03 Å². The van der Waals surface area contributed by atoms with Crippen molar-refractivity contribution in [2.45, 2.75) is 6.42 Å². The van der Waals surface area contributed by atoms with Crippen molar-refractivity contribution in [3.8, 4) is 0 Å². The Morgan fingerprint density at radius 3 is 3.09 bits per heavy atom. The zero-order valence-corrected chi connectivity index (χ0v) is 7.53. The first kappa shape index (κ1) is 8.78. The first-order valence-electron chi connectivity index (χ1n) is 3.30. The predicted molar refractivity (Wildman–Crippen MR) is 49.0 cm³/mol. The van der Waals surface area contributed by atoms with Crippen LogP contribution < -0.4 is 0 Å². The average molecular weight is 189 g/mol. The molecule has 1 N–H and O–H groups in total. The van der Waals surface area contributed by atoms with Crippen LogP contribution in [0.15, 0.2) is 28.6 Å². The van der Waals surface area contributed by atoms with E-state index in [0.717, 1.165) is 6.42 Å². The minimum Gasteiger partial charge on any atom is -0.392 e. The van der Waals surface area contributed by atoms with Crippen LogP contribution in [0.25, 0.3) is 0 Å². The fraction of sp³-hybridized carbons (Fsp3) is 0.250. The van der Waals surface area contributed by atoms with Crippen molar-refractivity contribution in [1.29, 1.82) is 0 Å². The summed E-state index contributed by atoms with van der Waals surface area (Å²) in [4.78, 5) is 1.22. The Kier molecular flexibility index (Phi) is 3.63. The van der Waals surface area contributed by atoms with Gasteiger partial charge >= 0.3 is 0 Å². The Bertz CT molecular complexity index is 228. The smallest absolute Gasteiger partial charge is 0.0626 e. The quantitative estimate of drug-likeness (QED) is 0.773. The second-order valence-corrected chi connectivity index (χ2v) is 3.61. The second-order valence-electron chi connectivity index (χ2n) is 2.09. The van der Waals surface area contributed by atoms with Gasteiger partial charge in [-0.2, -0.15) is 0 Å². The number of aliphatic hydroxyl groups is 1. The fourth-order valence-electron chi connectivity index (χ4n) is 0.751. The maximum Gasteiger partial charge on any atom is 0.0626 e. The molecule has 0 fully saturated rings. The Morgan fingerprint density at radius 1 is 1.73 bits per heavy atom. The van der Waals surface area contributed by atoms with Crippen molar-refractivity contribution in [2.24, 2.45) is 0 Å². The van der Waals surface area contributed by atoms with Gasteiger partial charge < -0.3 is 5.11 Å². The van der Waals surface area contributed by atoms with Gasteiger partial charge in [0.25, 0.3) is 0 Å². The number of hydrogen-bond donors (Lipinski definition) is 1. The molecule has 1 aromatic rings. The molecule has 0 radical (unpaired) electrons. The maximum atomic E-state index is 8.51. The molecule has 1 heterocycles. The van der Waals surface area contributed by atoms with E-state index in [1.165, 1.54) is 4.88 Å². The lowest BCUT2D eigenvalue weighted by Gasteiger charge is -1.93. The molecule has 0 aliphatic carbocycles. The van der Waals surface area contributed by atoms with Gasteiger partial charge in [0.15, 0.2) is 0 Å². The highest BCUT2D eigenvalue weighted by Crippen LogP contribution is 2.15. The molecule has 11 heavy (non-hydrogen) atoms. The van der Waals surface area contributed by atoms with E-state index >= 15 is 0 Å². The van der Waals surface area contributed by atoms with Gasteiger partial charge in [0.05, 0.1) is 6.61 Å². The van der Waals surface area contributed by atoms with E-state index in [4.69, 9.17) is 16.7 Å². The van der Waals surface area contributed by atoms with E-state index in [9.17, 15) is 0 Å². The molecule has 0 amide bonds. The summed E-state index contributed by atoms with van der Waals surface area (Å²) in [5.41, 5.74) is 0. The second kappa shape index (κ2) is 4.54. The first-order valence-corrected chi connectivity index (χ1v) is 4.56. The molecule has 0 unspecified atom stereocenters. The van der Waals surface area contributed by atoms with Crippen molar-refractivity contribution >= 4 is 22.9 Å². The molecule has 1 nitrogen and oxygen atoms in total. The van der Waals surface area contributed by atoms with Gasteiger partial charge in [-0.3, -0.25) is 0 Å².